The number of nitrogens with zero attached hydrogens (tertiary/aromatic N) is 5. The van der Waals surface area contributed by atoms with Gasteiger partial charge in [-0.2, -0.15) is 5.26 Å². The van der Waals surface area contributed by atoms with E-state index in [1.807, 2.05) is 61.5 Å². The fourth-order valence-corrected chi connectivity index (χ4v) is 6.86. The highest BCUT2D eigenvalue weighted by Crippen LogP contribution is 2.41. The Balaban J connectivity index is 1.40. The zero-order valence-electron chi connectivity index (χ0n) is 25.5. The SMILES string of the molecule is Cc1cc(-c2cc(Cl)ccc2OCCn2c(C)nc3cc(N(C)C)c(-c4ccccc4)c(C#N)c3c2=O)c2scc(C(=O)O)c2n1. The Morgan fingerprint density at radius 1 is 1.09 bits per heavy atom. The molecule has 0 bridgehead atoms. The summed E-state index contributed by atoms with van der Waals surface area (Å²) >= 11 is 7.70. The van der Waals surface area contributed by atoms with Crippen LogP contribution in [0.4, 0.5) is 5.69 Å². The molecule has 3 aromatic carbocycles. The van der Waals surface area contributed by atoms with E-state index in [1.165, 1.54) is 15.9 Å². The molecule has 0 amide bonds. The molecule has 9 nitrogen and oxygen atoms in total. The minimum absolute atomic E-state index is 0.115. The molecule has 6 aromatic rings. The van der Waals surface area contributed by atoms with Gasteiger partial charge in [0.2, 0.25) is 0 Å². The van der Waals surface area contributed by atoms with Crippen molar-refractivity contribution in [2.24, 2.45) is 0 Å². The van der Waals surface area contributed by atoms with Crippen molar-refractivity contribution in [3.63, 3.8) is 0 Å². The van der Waals surface area contributed by atoms with E-state index >= 15 is 0 Å². The first-order valence-electron chi connectivity index (χ1n) is 14.3. The highest BCUT2D eigenvalue weighted by Gasteiger charge is 2.22. The van der Waals surface area contributed by atoms with E-state index in [9.17, 15) is 20.0 Å². The molecule has 230 valence electrons. The second-order valence-electron chi connectivity index (χ2n) is 11.0. The van der Waals surface area contributed by atoms with Gasteiger partial charge in [-0.3, -0.25) is 14.3 Å². The number of aromatic carboxylic acids is 1. The third-order valence-electron chi connectivity index (χ3n) is 7.76. The van der Waals surface area contributed by atoms with Gasteiger partial charge in [-0.25, -0.2) is 9.78 Å². The number of carboxylic acids is 1. The van der Waals surface area contributed by atoms with E-state index in [-0.39, 0.29) is 35.2 Å². The van der Waals surface area contributed by atoms with Crippen LogP contribution in [0.1, 0.15) is 27.4 Å². The summed E-state index contributed by atoms with van der Waals surface area (Å²) in [6, 6.07) is 20.8. The Morgan fingerprint density at radius 3 is 2.54 bits per heavy atom. The van der Waals surface area contributed by atoms with Gasteiger partial charge in [-0.05, 0) is 49.7 Å². The maximum atomic E-state index is 14.0. The Kier molecular flexibility index (Phi) is 8.21. The molecule has 46 heavy (non-hydrogen) atoms. The molecule has 0 atom stereocenters. The maximum absolute atomic E-state index is 14.0. The van der Waals surface area contributed by atoms with E-state index in [4.69, 9.17) is 21.3 Å². The average molecular weight is 650 g/mol. The molecule has 0 aliphatic rings. The van der Waals surface area contributed by atoms with E-state index in [1.54, 1.807) is 37.4 Å². The summed E-state index contributed by atoms with van der Waals surface area (Å²) in [6.07, 6.45) is 0. The van der Waals surface area contributed by atoms with Crippen molar-refractivity contribution in [3.05, 3.63) is 104 Å². The minimum atomic E-state index is -1.05. The molecule has 0 aliphatic carbocycles. The topological polar surface area (TPSA) is 121 Å². The van der Waals surface area contributed by atoms with Crippen LogP contribution < -0.4 is 15.2 Å². The largest absolute Gasteiger partial charge is 0.491 e. The Hall–Kier alpha value is -5.24. The van der Waals surface area contributed by atoms with Gasteiger partial charge in [0, 0.05) is 52.6 Å². The standard InChI is InChI=1S/C35H28ClN5O4S/c1-19-14-24(33-32(38-19)26(18-46-33)35(43)44)23-15-22(36)10-11-29(23)45-13-12-41-20(2)39-27-16-28(40(3)4)30(21-8-6-5-7-9-21)25(17-37)31(27)34(41)42/h5-11,14-16,18H,12-13H2,1-4H3,(H,43,44). The van der Waals surface area contributed by atoms with Gasteiger partial charge in [0.15, 0.2) is 0 Å². The minimum Gasteiger partial charge on any atom is -0.491 e. The number of hydrogen-bond donors (Lipinski definition) is 1. The molecule has 6 rings (SSSR count). The molecule has 0 aliphatic heterocycles. The van der Waals surface area contributed by atoms with Crippen LogP contribution in [0.5, 0.6) is 5.75 Å². The summed E-state index contributed by atoms with van der Waals surface area (Å²) in [6.45, 7) is 3.85. The monoisotopic (exact) mass is 649 g/mol. The van der Waals surface area contributed by atoms with Crippen LogP contribution in [-0.4, -0.2) is 46.3 Å². The number of hydrogen-bond acceptors (Lipinski definition) is 8. The summed E-state index contributed by atoms with van der Waals surface area (Å²) in [5.74, 6) is -0.0403. The molecule has 3 heterocycles. The van der Waals surface area contributed by atoms with Crippen molar-refractivity contribution in [2.45, 2.75) is 20.4 Å². The van der Waals surface area contributed by atoms with Crippen LogP contribution in [0.15, 0.2) is 70.8 Å². The van der Waals surface area contributed by atoms with Gasteiger partial charge < -0.3 is 14.7 Å². The number of benzene rings is 3. The number of nitriles is 1. The summed E-state index contributed by atoms with van der Waals surface area (Å²) < 4.78 is 8.49. The molecule has 0 radical (unpaired) electrons. The van der Waals surface area contributed by atoms with Crippen molar-refractivity contribution in [1.82, 2.24) is 14.5 Å². The summed E-state index contributed by atoms with van der Waals surface area (Å²) in [7, 11) is 3.79. The van der Waals surface area contributed by atoms with Gasteiger partial charge in [0.1, 0.15) is 24.3 Å². The van der Waals surface area contributed by atoms with Crippen LogP contribution in [0, 0.1) is 25.2 Å². The van der Waals surface area contributed by atoms with Crippen molar-refractivity contribution < 1.29 is 14.6 Å². The zero-order chi connectivity index (χ0) is 32.7. The third kappa shape index (κ3) is 5.44. The number of carbonyl (C=O) groups is 1. The van der Waals surface area contributed by atoms with Gasteiger partial charge in [0.05, 0.1) is 38.8 Å². The summed E-state index contributed by atoms with van der Waals surface area (Å²) in [5.41, 5.74) is 5.32. The quantitative estimate of drug-likeness (QED) is 0.182. The number of aryl methyl sites for hydroxylation is 2. The van der Waals surface area contributed by atoms with Crippen molar-refractivity contribution in [3.8, 4) is 34.1 Å². The average Bonchev–Trinajstić information content (AvgIpc) is 3.46. The van der Waals surface area contributed by atoms with Gasteiger partial charge in [-0.15, -0.1) is 11.3 Å². The molecule has 0 unspecified atom stereocenters. The second-order valence-corrected chi connectivity index (χ2v) is 12.3. The molecule has 0 spiro atoms. The number of carboxylic acid groups (broad SMARTS) is 1. The van der Waals surface area contributed by atoms with Gasteiger partial charge >= 0.3 is 5.97 Å². The van der Waals surface area contributed by atoms with E-state index in [0.717, 1.165) is 16.8 Å². The van der Waals surface area contributed by atoms with Crippen LogP contribution >= 0.6 is 22.9 Å². The van der Waals surface area contributed by atoms with E-state index < -0.39 is 5.97 Å². The normalized spacial score (nSPS) is 11.1. The predicted molar refractivity (Wildman–Crippen MR) is 182 cm³/mol. The number of fused-ring (bicyclic) bond motifs is 2. The lowest BCUT2D eigenvalue weighted by Gasteiger charge is -2.21. The number of ether oxygens (including phenoxy) is 1. The number of anilines is 1. The lowest BCUT2D eigenvalue weighted by atomic mass is 9.94. The molecule has 3 aromatic heterocycles. The molecule has 0 fully saturated rings. The lowest BCUT2D eigenvalue weighted by Crippen LogP contribution is -2.27. The fourth-order valence-electron chi connectivity index (χ4n) is 5.68. The van der Waals surface area contributed by atoms with Crippen LogP contribution in [-0.2, 0) is 6.54 Å². The molecular weight excluding hydrogens is 622 g/mol. The Morgan fingerprint density at radius 2 is 1.85 bits per heavy atom. The number of thiophene rings is 1. The Labute approximate surface area is 273 Å². The fraction of sp³-hybridized carbons (Fsp3) is 0.171. The third-order valence-corrected chi connectivity index (χ3v) is 9.00. The summed E-state index contributed by atoms with van der Waals surface area (Å²) in [4.78, 5) is 37.0. The summed E-state index contributed by atoms with van der Waals surface area (Å²) in [5, 5.41) is 22.4. The molecular formula is C35H28ClN5O4S. The van der Waals surface area contributed by atoms with Crippen LogP contribution in [0.3, 0.4) is 0 Å². The second kappa shape index (κ2) is 12.3. The number of halogens is 1. The van der Waals surface area contributed by atoms with Crippen molar-refractivity contribution >= 4 is 55.7 Å². The highest BCUT2D eigenvalue weighted by atomic mass is 35.5. The molecule has 0 saturated carbocycles. The van der Waals surface area contributed by atoms with Crippen LogP contribution in [0.2, 0.25) is 5.02 Å². The zero-order valence-corrected chi connectivity index (χ0v) is 27.0. The number of pyridine rings is 1. The maximum Gasteiger partial charge on any atom is 0.338 e. The first kappa shape index (κ1) is 30.8. The van der Waals surface area contributed by atoms with E-state index in [2.05, 4.69) is 11.1 Å². The molecule has 0 saturated heterocycles. The van der Waals surface area contributed by atoms with Crippen molar-refractivity contribution in [2.75, 3.05) is 25.6 Å². The predicted octanol–water partition coefficient (Wildman–Crippen LogP) is 7.33. The first-order chi connectivity index (χ1) is 22.1. The van der Waals surface area contributed by atoms with Crippen LogP contribution in [0.25, 0.3) is 43.4 Å². The Bertz CT molecular complexity index is 2270. The van der Waals surface area contributed by atoms with E-state index in [0.29, 0.717) is 49.2 Å². The number of rotatable bonds is 8. The van der Waals surface area contributed by atoms with Gasteiger partial charge in [-0.1, -0.05) is 41.9 Å². The van der Waals surface area contributed by atoms with Crippen molar-refractivity contribution in [1.29, 1.82) is 5.26 Å². The lowest BCUT2D eigenvalue weighted by molar-refractivity contribution is 0.0699. The molecule has 1 N–H and O–H groups in total. The highest BCUT2D eigenvalue weighted by molar-refractivity contribution is 7.18. The smallest absolute Gasteiger partial charge is 0.338 e. The first-order valence-corrected chi connectivity index (χ1v) is 15.6. The molecule has 11 heteroatoms. The van der Waals surface area contributed by atoms with Gasteiger partial charge in [0.25, 0.3) is 5.56 Å². The number of aromatic nitrogens is 3.